The maximum atomic E-state index is 8.64. The SMILES string of the molecule is N#CCc1ccc(Nc2nc3ccc(N)cc3s2)cc1. The molecule has 5 heteroatoms. The van der Waals surface area contributed by atoms with Crippen molar-refractivity contribution in [1.82, 2.24) is 4.98 Å². The highest BCUT2D eigenvalue weighted by molar-refractivity contribution is 7.22. The summed E-state index contributed by atoms with van der Waals surface area (Å²) in [4.78, 5) is 4.51. The van der Waals surface area contributed by atoms with Crippen LogP contribution in [0.3, 0.4) is 0 Å². The molecule has 20 heavy (non-hydrogen) atoms. The van der Waals surface area contributed by atoms with E-state index in [1.54, 1.807) is 11.3 Å². The molecule has 0 atom stereocenters. The van der Waals surface area contributed by atoms with Crippen LogP contribution in [-0.4, -0.2) is 4.98 Å². The van der Waals surface area contributed by atoms with Gasteiger partial charge in [0.05, 0.1) is 22.7 Å². The summed E-state index contributed by atoms with van der Waals surface area (Å²) in [6.07, 6.45) is 0.431. The molecule has 2 aromatic carbocycles. The van der Waals surface area contributed by atoms with E-state index < -0.39 is 0 Å². The van der Waals surface area contributed by atoms with Crippen LogP contribution >= 0.6 is 11.3 Å². The minimum absolute atomic E-state index is 0.431. The lowest BCUT2D eigenvalue weighted by atomic mass is 10.1. The van der Waals surface area contributed by atoms with Crippen LogP contribution in [0.25, 0.3) is 10.2 Å². The van der Waals surface area contributed by atoms with Crippen molar-refractivity contribution in [2.45, 2.75) is 6.42 Å². The quantitative estimate of drug-likeness (QED) is 0.717. The van der Waals surface area contributed by atoms with Crippen LogP contribution in [0, 0.1) is 11.3 Å². The number of nitrogens with one attached hydrogen (secondary N) is 1. The monoisotopic (exact) mass is 280 g/mol. The molecule has 98 valence electrons. The Hall–Kier alpha value is -2.58. The van der Waals surface area contributed by atoms with Gasteiger partial charge in [0.25, 0.3) is 0 Å². The minimum atomic E-state index is 0.431. The number of nitriles is 1. The Labute approximate surface area is 120 Å². The molecule has 0 saturated carbocycles. The van der Waals surface area contributed by atoms with Crippen molar-refractivity contribution < 1.29 is 0 Å². The van der Waals surface area contributed by atoms with E-state index in [9.17, 15) is 0 Å². The number of aromatic nitrogens is 1. The fraction of sp³-hybridized carbons (Fsp3) is 0.0667. The molecule has 0 aliphatic heterocycles. The summed E-state index contributed by atoms with van der Waals surface area (Å²) in [6, 6.07) is 15.6. The molecule has 3 N–H and O–H groups in total. The number of fused-ring (bicyclic) bond motifs is 1. The van der Waals surface area contributed by atoms with Crippen LogP contribution in [0.5, 0.6) is 0 Å². The lowest BCUT2D eigenvalue weighted by molar-refractivity contribution is 1.26. The Balaban J connectivity index is 1.83. The Morgan fingerprint density at radius 2 is 2.00 bits per heavy atom. The summed E-state index contributed by atoms with van der Waals surface area (Å²) in [5, 5.41) is 12.7. The molecule has 0 bridgehead atoms. The molecule has 0 aliphatic carbocycles. The number of thiazole rings is 1. The maximum absolute atomic E-state index is 8.64. The fourth-order valence-corrected chi connectivity index (χ4v) is 2.85. The number of anilines is 3. The van der Waals surface area contributed by atoms with Gasteiger partial charge in [0.2, 0.25) is 0 Å². The van der Waals surface area contributed by atoms with E-state index in [0.29, 0.717) is 6.42 Å². The van der Waals surface area contributed by atoms with Gasteiger partial charge in [-0.2, -0.15) is 5.26 Å². The third-order valence-corrected chi connectivity index (χ3v) is 3.83. The van der Waals surface area contributed by atoms with Crippen molar-refractivity contribution in [3.05, 3.63) is 48.0 Å². The molecule has 0 amide bonds. The first-order valence-electron chi connectivity index (χ1n) is 6.13. The van der Waals surface area contributed by atoms with Gasteiger partial charge in [-0.15, -0.1) is 0 Å². The fourth-order valence-electron chi connectivity index (χ4n) is 1.92. The van der Waals surface area contributed by atoms with Crippen LogP contribution in [0.2, 0.25) is 0 Å². The second-order valence-electron chi connectivity index (χ2n) is 4.40. The smallest absolute Gasteiger partial charge is 0.188 e. The average Bonchev–Trinajstić information content (AvgIpc) is 2.82. The Kier molecular flexibility index (Phi) is 3.23. The number of rotatable bonds is 3. The summed E-state index contributed by atoms with van der Waals surface area (Å²) in [5.74, 6) is 0. The van der Waals surface area contributed by atoms with Gasteiger partial charge in [-0.05, 0) is 35.9 Å². The molecule has 0 spiro atoms. The summed E-state index contributed by atoms with van der Waals surface area (Å²) < 4.78 is 1.06. The van der Waals surface area contributed by atoms with Gasteiger partial charge in [0, 0.05) is 11.4 Å². The zero-order valence-electron chi connectivity index (χ0n) is 10.6. The van der Waals surface area contributed by atoms with Crippen molar-refractivity contribution in [3.8, 4) is 6.07 Å². The predicted molar refractivity (Wildman–Crippen MR) is 83.1 cm³/mol. The predicted octanol–water partition coefficient (Wildman–Crippen LogP) is 3.69. The minimum Gasteiger partial charge on any atom is -0.399 e. The summed E-state index contributed by atoms with van der Waals surface area (Å²) >= 11 is 1.57. The highest BCUT2D eigenvalue weighted by atomic mass is 32.1. The van der Waals surface area contributed by atoms with Crippen LogP contribution in [0.1, 0.15) is 5.56 Å². The number of nitrogens with two attached hydrogens (primary N) is 1. The first kappa shape index (κ1) is 12.5. The first-order chi connectivity index (χ1) is 9.74. The van der Waals surface area contributed by atoms with E-state index in [1.807, 2.05) is 42.5 Å². The van der Waals surface area contributed by atoms with Crippen molar-refractivity contribution in [2.75, 3.05) is 11.1 Å². The van der Waals surface area contributed by atoms with Crippen LogP contribution < -0.4 is 11.1 Å². The van der Waals surface area contributed by atoms with Crippen molar-refractivity contribution in [1.29, 1.82) is 5.26 Å². The molecular formula is C15H12N4S. The summed E-state index contributed by atoms with van der Waals surface area (Å²) in [5.41, 5.74) is 9.41. The zero-order valence-corrected chi connectivity index (χ0v) is 11.4. The molecule has 0 aliphatic rings. The van der Waals surface area contributed by atoms with Crippen LogP contribution in [0.15, 0.2) is 42.5 Å². The largest absolute Gasteiger partial charge is 0.399 e. The van der Waals surface area contributed by atoms with Crippen LogP contribution in [0.4, 0.5) is 16.5 Å². The van der Waals surface area contributed by atoms with Gasteiger partial charge in [0.1, 0.15) is 0 Å². The maximum Gasteiger partial charge on any atom is 0.188 e. The first-order valence-corrected chi connectivity index (χ1v) is 6.95. The van der Waals surface area contributed by atoms with E-state index in [0.717, 1.165) is 32.3 Å². The van der Waals surface area contributed by atoms with Gasteiger partial charge in [-0.1, -0.05) is 23.5 Å². The van der Waals surface area contributed by atoms with E-state index in [4.69, 9.17) is 11.0 Å². The summed E-state index contributed by atoms with van der Waals surface area (Å²) in [6.45, 7) is 0. The topological polar surface area (TPSA) is 74.7 Å². The average molecular weight is 280 g/mol. The lowest BCUT2D eigenvalue weighted by Crippen LogP contribution is -1.89. The molecule has 3 aromatic rings. The molecule has 4 nitrogen and oxygen atoms in total. The number of benzene rings is 2. The molecule has 0 unspecified atom stereocenters. The number of hydrogen-bond acceptors (Lipinski definition) is 5. The van der Waals surface area contributed by atoms with E-state index in [1.165, 1.54) is 0 Å². The van der Waals surface area contributed by atoms with Gasteiger partial charge in [-0.25, -0.2) is 4.98 Å². The lowest BCUT2D eigenvalue weighted by Gasteiger charge is -2.02. The number of nitrogens with zero attached hydrogens (tertiary/aromatic N) is 2. The molecule has 0 radical (unpaired) electrons. The van der Waals surface area contributed by atoms with E-state index in [-0.39, 0.29) is 0 Å². The second kappa shape index (κ2) is 5.19. The highest BCUT2D eigenvalue weighted by Gasteiger charge is 2.04. The zero-order chi connectivity index (χ0) is 13.9. The third kappa shape index (κ3) is 2.56. The standard InChI is InChI=1S/C15H12N4S/c16-8-7-10-1-4-12(5-2-10)18-15-19-13-6-3-11(17)9-14(13)20-15/h1-6,9H,7,17H2,(H,18,19). The van der Waals surface area contributed by atoms with Crippen molar-refractivity contribution >= 4 is 38.1 Å². The number of hydrogen-bond donors (Lipinski definition) is 2. The Bertz CT molecular complexity index is 784. The third-order valence-electron chi connectivity index (χ3n) is 2.90. The Morgan fingerprint density at radius 1 is 1.20 bits per heavy atom. The normalized spacial score (nSPS) is 10.3. The van der Waals surface area contributed by atoms with Gasteiger partial charge < -0.3 is 11.1 Å². The van der Waals surface area contributed by atoms with Crippen molar-refractivity contribution in [3.63, 3.8) is 0 Å². The summed E-state index contributed by atoms with van der Waals surface area (Å²) in [7, 11) is 0. The molecular weight excluding hydrogens is 268 g/mol. The molecule has 1 heterocycles. The Morgan fingerprint density at radius 3 is 2.75 bits per heavy atom. The van der Waals surface area contributed by atoms with Gasteiger partial charge >= 0.3 is 0 Å². The van der Waals surface area contributed by atoms with E-state index >= 15 is 0 Å². The molecule has 0 fully saturated rings. The van der Waals surface area contributed by atoms with Gasteiger partial charge in [-0.3, -0.25) is 0 Å². The molecule has 1 aromatic heterocycles. The van der Waals surface area contributed by atoms with Gasteiger partial charge in [0.15, 0.2) is 5.13 Å². The molecule has 3 rings (SSSR count). The van der Waals surface area contributed by atoms with Crippen LogP contribution in [-0.2, 0) is 6.42 Å². The highest BCUT2D eigenvalue weighted by Crippen LogP contribution is 2.29. The second-order valence-corrected chi connectivity index (χ2v) is 5.43. The number of nitrogen functional groups attached to an aromatic ring is 1. The molecule has 0 saturated heterocycles. The van der Waals surface area contributed by atoms with Crippen molar-refractivity contribution in [2.24, 2.45) is 0 Å². The van der Waals surface area contributed by atoms with E-state index in [2.05, 4.69) is 16.4 Å².